The van der Waals surface area contributed by atoms with Crippen LogP contribution in [0, 0.1) is 0 Å². The van der Waals surface area contributed by atoms with Crippen molar-refractivity contribution in [3.8, 4) is 0 Å². The van der Waals surface area contributed by atoms with Gasteiger partial charge in [0.1, 0.15) is 5.84 Å². The van der Waals surface area contributed by atoms with Gasteiger partial charge in [-0.1, -0.05) is 35.5 Å². The number of benzene rings is 1. The van der Waals surface area contributed by atoms with Gasteiger partial charge in [0.15, 0.2) is 0 Å². The Labute approximate surface area is 119 Å². The number of hydrogen-bond donors (Lipinski definition) is 3. The molecule has 0 aliphatic heterocycles. The molecule has 0 aliphatic rings. The summed E-state index contributed by atoms with van der Waals surface area (Å²) in [5.41, 5.74) is 6.69. The Balaban J connectivity index is 2.43. The number of nitrogens with zero attached hydrogens (tertiary/aromatic N) is 1. The van der Waals surface area contributed by atoms with Crippen LogP contribution in [0.2, 0.25) is 0 Å². The van der Waals surface area contributed by atoms with Gasteiger partial charge in [-0.2, -0.15) is 0 Å². The van der Waals surface area contributed by atoms with E-state index in [9.17, 15) is 0 Å². The summed E-state index contributed by atoms with van der Waals surface area (Å²) in [6.07, 6.45) is 0.443. The first-order valence-electron chi connectivity index (χ1n) is 6.59. The molecule has 0 saturated carbocycles. The van der Waals surface area contributed by atoms with Gasteiger partial charge in [-0.3, -0.25) is 0 Å². The molecule has 1 rings (SSSR count). The number of nitrogens with one attached hydrogen (secondary N) is 1. The van der Waals surface area contributed by atoms with Crippen LogP contribution in [-0.4, -0.2) is 44.5 Å². The van der Waals surface area contributed by atoms with Crippen LogP contribution in [0.25, 0.3) is 0 Å². The number of hydrogen-bond acceptors (Lipinski definition) is 5. The van der Waals surface area contributed by atoms with Gasteiger partial charge < -0.3 is 25.7 Å². The molecule has 1 aromatic carbocycles. The first kappa shape index (κ1) is 16.4. The topological polar surface area (TPSA) is 89.1 Å². The van der Waals surface area contributed by atoms with Crippen LogP contribution < -0.4 is 11.1 Å². The lowest BCUT2D eigenvalue weighted by Crippen LogP contribution is -2.29. The summed E-state index contributed by atoms with van der Waals surface area (Å²) in [4.78, 5) is 0. The molecule has 6 heteroatoms. The molecule has 0 fully saturated rings. The predicted octanol–water partition coefficient (Wildman–Crippen LogP) is 1.12. The quantitative estimate of drug-likeness (QED) is 0.197. The minimum atomic E-state index is -0.00174. The van der Waals surface area contributed by atoms with E-state index in [1.807, 2.05) is 30.3 Å². The van der Waals surface area contributed by atoms with E-state index in [-0.39, 0.29) is 11.9 Å². The number of methoxy groups -OCH3 is 1. The maximum atomic E-state index is 8.70. The largest absolute Gasteiger partial charge is 0.409 e. The molecule has 1 atom stereocenters. The number of nitrogens with two attached hydrogens (primary N) is 1. The minimum Gasteiger partial charge on any atom is -0.409 e. The number of ether oxygens (including phenoxy) is 2. The second-order valence-corrected chi connectivity index (χ2v) is 4.32. The summed E-state index contributed by atoms with van der Waals surface area (Å²) in [6, 6.07) is 9.90. The predicted molar refractivity (Wildman–Crippen MR) is 77.9 cm³/mol. The highest BCUT2D eigenvalue weighted by atomic mass is 16.5. The number of rotatable bonds is 10. The van der Waals surface area contributed by atoms with Crippen molar-refractivity contribution in [2.24, 2.45) is 10.9 Å². The molecular formula is C14H23N3O3. The fourth-order valence-corrected chi connectivity index (χ4v) is 1.79. The van der Waals surface area contributed by atoms with Crippen molar-refractivity contribution < 1.29 is 14.7 Å². The molecule has 0 saturated heterocycles. The van der Waals surface area contributed by atoms with Crippen LogP contribution in [0.5, 0.6) is 0 Å². The first-order valence-corrected chi connectivity index (χ1v) is 6.59. The van der Waals surface area contributed by atoms with Crippen LogP contribution >= 0.6 is 0 Å². The normalized spacial score (nSPS) is 13.3. The van der Waals surface area contributed by atoms with Gasteiger partial charge >= 0.3 is 0 Å². The van der Waals surface area contributed by atoms with Gasteiger partial charge in [0.25, 0.3) is 0 Å². The Kier molecular flexibility index (Phi) is 8.37. The molecule has 0 heterocycles. The number of amidine groups is 1. The fourth-order valence-electron chi connectivity index (χ4n) is 1.79. The highest BCUT2D eigenvalue weighted by molar-refractivity contribution is 5.80. The number of oxime groups is 1. The molecule has 0 aliphatic carbocycles. The summed E-state index contributed by atoms with van der Waals surface area (Å²) in [6.45, 7) is 2.44. The van der Waals surface area contributed by atoms with Crippen molar-refractivity contribution in [2.75, 3.05) is 33.5 Å². The third-order valence-electron chi connectivity index (χ3n) is 2.81. The van der Waals surface area contributed by atoms with E-state index in [0.717, 1.165) is 5.56 Å². The highest BCUT2D eigenvalue weighted by Crippen LogP contribution is 2.15. The Hall–Kier alpha value is -1.63. The maximum absolute atomic E-state index is 8.70. The second-order valence-electron chi connectivity index (χ2n) is 4.32. The molecular weight excluding hydrogens is 258 g/mol. The van der Waals surface area contributed by atoms with Gasteiger partial charge in [-0.15, -0.1) is 0 Å². The van der Waals surface area contributed by atoms with E-state index >= 15 is 0 Å². The van der Waals surface area contributed by atoms with Gasteiger partial charge in [0.05, 0.1) is 19.8 Å². The average Bonchev–Trinajstić information content (AvgIpc) is 2.50. The average molecular weight is 281 g/mol. The van der Waals surface area contributed by atoms with E-state index in [4.69, 9.17) is 20.4 Å². The molecule has 20 heavy (non-hydrogen) atoms. The van der Waals surface area contributed by atoms with Crippen molar-refractivity contribution in [1.82, 2.24) is 5.32 Å². The third-order valence-corrected chi connectivity index (χ3v) is 2.81. The molecule has 1 unspecified atom stereocenters. The Morgan fingerprint density at radius 3 is 2.70 bits per heavy atom. The molecule has 112 valence electrons. The Bertz CT molecular complexity index is 385. The summed E-state index contributed by atoms with van der Waals surface area (Å²) in [5, 5.41) is 15.1. The van der Waals surface area contributed by atoms with Crippen molar-refractivity contribution in [1.29, 1.82) is 0 Å². The van der Waals surface area contributed by atoms with Crippen LogP contribution in [0.4, 0.5) is 0 Å². The Morgan fingerprint density at radius 2 is 2.05 bits per heavy atom. The van der Waals surface area contributed by atoms with Crippen LogP contribution in [0.15, 0.2) is 35.5 Å². The third kappa shape index (κ3) is 6.51. The van der Waals surface area contributed by atoms with E-state index in [1.165, 1.54) is 0 Å². The van der Waals surface area contributed by atoms with Crippen LogP contribution in [0.1, 0.15) is 18.0 Å². The maximum Gasteiger partial charge on any atom is 0.141 e. The smallest absolute Gasteiger partial charge is 0.141 e. The lowest BCUT2D eigenvalue weighted by molar-refractivity contribution is 0.0711. The van der Waals surface area contributed by atoms with Crippen molar-refractivity contribution >= 4 is 5.84 Å². The Morgan fingerprint density at radius 1 is 1.30 bits per heavy atom. The van der Waals surface area contributed by atoms with Crippen LogP contribution in [-0.2, 0) is 9.47 Å². The van der Waals surface area contributed by atoms with Gasteiger partial charge in [0, 0.05) is 26.1 Å². The molecule has 6 nitrogen and oxygen atoms in total. The molecule has 0 amide bonds. The summed E-state index contributed by atoms with van der Waals surface area (Å²) < 4.78 is 10.3. The zero-order chi connectivity index (χ0) is 14.6. The van der Waals surface area contributed by atoms with E-state index in [2.05, 4.69) is 10.5 Å². The zero-order valence-corrected chi connectivity index (χ0v) is 11.8. The molecule has 4 N–H and O–H groups in total. The highest BCUT2D eigenvalue weighted by Gasteiger charge is 2.12. The van der Waals surface area contributed by atoms with Crippen molar-refractivity contribution in [2.45, 2.75) is 12.5 Å². The van der Waals surface area contributed by atoms with E-state index < -0.39 is 0 Å². The standard InChI is InChI=1S/C14H23N3O3/c1-19-9-10-20-8-7-16-13(11-14(15)17-18)12-5-3-2-4-6-12/h2-6,13,16,18H,7-11H2,1H3,(H2,15,17). The molecule has 0 radical (unpaired) electrons. The second kappa shape index (κ2) is 10.2. The minimum absolute atomic E-state index is 0.00174. The zero-order valence-electron chi connectivity index (χ0n) is 11.8. The monoisotopic (exact) mass is 281 g/mol. The van der Waals surface area contributed by atoms with Crippen molar-refractivity contribution in [3.05, 3.63) is 35.9 Å². The van der Waals surface area contributed by atoms with E-state index in [0.29, 0.717) is 32.8 Å². The molecule has 1 aromatic rings. The summed E-state index contributed by atoms with van der Waals surface area (Å²) in [7, 11) is 1.64. The van der Waals surface area contributed by atoms with Gasteiger partial charge in [-0.25, -0.2) is 0 Å². The van der Waals surface area contributed by atoms with Gasteiger partial charge in [0.2, 0.25) is 0 Å². The molecule has 0 aromatic heterocycles. The van der Waals surface area contributed by atoms with Gasteiger partial charge in [-0.05, 0) is 5.56 Å². The SMILES string of the molecule is COCCOCCNC(CC(N)=NO)c1ccccc1. The lowest BCUT2D eigenvalue weighted by atomic mass is 10.0. The lowest BCUT2D eigenvalue weighted by Gasteiger charge is -2.18. The first-order chi connectivity index (χ1) is 9.77. The molecule has 0 spiro atoms. The summed E-state index contributed by atoms with van der Waals surface area (Å²) in [5.74, 6) is 0.201. The van der Waals surface area contributed by atoms with Crippen LogP contribution in [0.3, 0.4) is 0 Å². The fraction of sp³-hybridized carbons (Fsp3) is 0.500. The van der Waals surface area contributed by atoms with Crippen molar-refractivity contribution in [3.63, 3.8) is 0 Å². The van der Waals surface area contributed by atoms with E-state index in [1.54, 1.807) is 7.11 Å². The molecule has 0 bridgehead atoms. The summed E-state index contributed by atoms with van der Waals surface area (Å²) >= 11 is 0.